The Morgan fingerprint density at radius 1 is 0.892 bits per heavy atom. The van der Waals surface area contributed by atoms with Crippen LogP contribution < -0.4 is 5.32 Å². The van der Waals surface area contributed by atoms with Gasteiger partial charge in [-0.3, -0.25) is 0 Å². The molecule has 2 N–H and O–H groups in total. The summed E-state index contributed by atoms with van der Waals surface area (Å²) in [6.07, 6.45) is 3.92. The van der Waals surface area contributed by atoms with Crippen LogP contribution in [0.3, 0.4) is 0 Å². The Labute approximate surface area is 226 Å². The van der Waals surface area contributed by atoms with Gasteiger partial charge in [-0.2, -0.15) is 0 Å². The van der Waals surface area contributed by atoms with E-state index in [1.165, 1.54) is 11.3 Å². The standard InChI is InChI=1S/C29H27N3O3S.ClH/c33-27(34)26(32-35-24-18-10-11-19-24)25-20-36-28(30-25)31-29(21-12-4-1-5-13-21,22-14-6-2-7-15-22)23-16-8-3-9-17-23;/h1-9,12-17,20,24H,10-11,18-19H2,(H,30,31)(H,33,34);1H/b32-26-;. The van der Waals surface area contributed by atoms with Crippen molar-refractivity contribution in [1.82, 2.24) is 4.98 Å². The lowest BCUT2D eigenvalue weighted by Crippen LogP contribution is -2.38. The molecule has 190 valence electrons. The number of nitrogens with one attached hydrogen (secondary N) is 1. The summed E-state index contributed by atoms with van der Waals surface area (Å²) in [5.74, 6) is -1.16. The van der Waals surface area contributed by atoms with Crippen LogP contribution in [-0.2, 0) is 15.2 Å². The average Bonchev–Trinajstić information content (AvgIpc) is 3.61. The fourth-order valence-electron chi connectivity index (χ4n) is 4.70. The number of aliphatic carboxylic acids is 1. The van der Waals surface area contributed by atoms with Crippen LogP contribution in [0.5, 0.6) is 0 Å². The lowest BCUT2D eigenvalue weighted by molar-refractivity contribution is -0.129. The van der Waals surface area contributed by atoms with E-state index in [2.05, 4.69) is 51.9 Å². The molecule has 1 saturated carbocycles. The Hall–Kier alpha value is -3.68. The summed E-state index contributed by atoms with van der Waals surface area (Å²) in [6, 6.07) is 30.6. The van der Waals surface area contributed by atoms with Gasteiger partial charge in [-0.25, -0.2) is 9.78 Å². The number of anilines is 1. The van der Waals surface area contributed by atoms with Crippen molar-refractivity contribution in [2.75, 3.05) is 5.32 Å². The second-order valence-electron chi connectivity index (χ2n) is 8.77. The minimum atomic E-state index is -1.16. The molecular weight excluding hydrogens is 506 g/mol. The molecular formula is C29H28ClN3O3S. The highest BCUT2D eigenvalue weighted by Crippen LogP contribution is 2.40. The number of oxime groups is 1. The van der Waals surface area contributed by atoms with Crippen LogP contribution in [0.25, 0.3) is 0 Å². The maximum atomic E-state index is 12.0. The number of carbonyl (C=O) groups is 1. The Kier molecular flexibility index (Phi) is 8.58. The largest absolute Gasteiger partial charge is 0.476 e. The Bertz CT molecular complexity index is 1230. The van der Waals surface area contributed by atoms with E-state index in [0.29, 0.717) is 5.13 Å². The number of hydrogen-bond acceptors (Lipinski definition) is 6. The lowest BCUT2D eigenvalue weighted by atomic mass is 9.77. The van der Waals surface area contributed by atoms with Gasteiger partial charge in [0, 0.05) is 5.38 Å². The summed E-state index contributed by atoms with van der Waals surface area (Å²) >= 11 is 1.34. The molecule has 1 aliphatic carbocycles. The van der Waals surface area contributed by atoms with Gasteiger partial charge >= 0.3 is 5.97 Å². The molecule has 0 spiro atoms. The molecule has 0 aliphatic heterocycles. The van der Waals surface area contributed by atoms with E-state index in [-0.39, 0.29) is 29.9 Å². The lowest BCUT2D eigenvalue weighted by Gasteiger charge is -2.36. The predicted octanol–water partition coefficient (Wildman–Crippen LogP) is 6.72. The van der Waals surface area contributed by atoms with Gasteiger partial charge in [0.15, 0.2) is 5.13 Å². The smallest absolute Gasteiger partial charge is 0.360 e. The highest BCUT2D eigenvalue weighted by molar-refractivity contribution is 7.14. The third-order valence-corrected chi connectivity index (χ3v) is 7.22. The molecule has 1 fully saturated rings. The minimum absolute atomic E-state index is 0. The number of halogens is 1. The third kappa shape index (κ3) is 5.68. The van der Waals surface area contributed by atoms with Gasteiger partial charge in [0.25, 0.3) is 0 Å². The molecule has 0 unspecified atom stereocenters. The normalized spacial score (nSPS) is 14.1. The summed E-state index contributed by atoms with van der Waals surface area (Å²) in [4.78, 5) is 22.2. The monoisotopic (exact) mass is 533 g/mol. The molecule has 8 heteroatoms. The van der Waals surface area contributed by atoms with Crippen LogP contribution in [-0.4, -0.2) is 27.9 Å². The van der Waals surface area contributed by atoms with Gasteiger partial charge in [0.05, 0.1) is 0 Å². The topological polar surface area (TPSA) is 83.8 Å². The van der Waals surface area contributed by atoms with E-state index in [4.69, 9.17) is 4.84 Å². The van der Waals surface area contributed by atoms with Crippen molar-refractivity contribution in [3.05, 3.63) is 119 Å². The summed E-state index contributed by atoms with van der Waals surface area (Å²) in [7, 11) is 0. The maximum Gasteiger partial charge on any atom is 0.360 e. The van der Waals surface area contributed by atoms with Crippen molar-refractivity contribution in [2.24, 2.45) is 5.16 Å². The predicted molar refractivity (Wildman–Crippen MR) is 150 cm³/mol. The first-order valence-corrected chi connectivity index (χ1v) is 12.9. The number of carboxylic acids is 1. The molecule has 1 aliphatic rings. The van der Waals surface area contributed by atoms with Crippen LogP contribution in [0.15, 0.2) is 102 Å². The van der Waals surface area contributed by atoms with Crippen molar-refractivity contribution in [1.29, 1.82) is 0 Å². The van der Waals surface area contributed by atoms with Gasteiger partial charge in [-0.1, -0.05) is 96.2 Å². The molecule has 5 rings (SSSR count). The van der Waals surface area contributed by atoms with E-state index < -0.39 is 11.5 Å². The number of hydrogen-bond donors (Lipinski definition) is 2. The van der Waals surface area contributed by atoms with Crippen molar-refractivity contribution in [3.8, 4) is 0 Å². The molecule has 0 amide bonds. The van der Waals surface area contributed by atoms with Gasteiger partial charge in [0.1, 0.15) is 17.3 Å². The molecule has 6 nitrogen and oxygen atoms in total. The minimum Gasteiger partial charge on any atom is -0.476 e. The fourth-order valence-corrected chi connectivity index (χ4v) is 5.45. The highest BCUT2D eigenvalue weighted by Gasteiger charge is 2.37. The van der Waals surface area contributed by atoms with E-state index in [0.717, 1.165) is 42.4 Å². The van der Waals surface area contributed by atoms with E-state index >= 15 is 0 Å². The second-order valence-corrected chi connectivity index (χ2v) is 9.63. The molecule has 1 aromatic heterocycles. The summed E-state index contributed by atoms with van der Waals surface area (Å²) in [5.41, 5.74) is 2.45. The second kappa shape index (κ2) is 12.0. The van der Waals surface area contributed by atoms with Crippen LogP contribution in [0.1, 0.15) is 48.1 Å². The van der Waals surface area contributed by atoms with E-state index in [1.54, 1.807) is 5.38 Å². The molecule has 1 heterocycles. The zero-order valence-electron chi connectivity index (χ0n) is 20.1. The van der Waals surface area contributed by atoms with Crippen LogP contribution >= 0.6 is 23.7 Å². The molecule has 0 radical (unpaired) electrons. The SMILES string of the molecule is Cl.O=C(O)/C(=N\OC1CCCC1)c1csc(NC(c2ccccc2)(c2ccccc2)c2ccccc2)n1. The average molecular weight is 534 g/mol. The molecule has 37 heavy (non-hydrogen) atoms. The van der Waals surface area contributed by atoms with Crippen molar-refractivity contribution >= 4 is 40.6 Å². The first-order chi connectivity index (χ1) is 17.7. The van der Waals surface area contributed by atoms with Gasteiger partial charge in [-0.05, 0) is 42.4 Å². The zero-order valence-corrected chi connectivity index (χ0v) is 21.8. The van der Waals surface area contributed by atoms with Gasteiger partial charge < -0.3 is 15.3 Å². The summed E-state index contributed by atoms with van der Waals surface area (Å²) in [5, 5.41) is 19.8. The van der Waals surface area contributed by atoms with Gasteiger partial charge in [-0.15, -0.1) is 23.7 Å². The van der Waals surface area contributed by atoms with Crippen molar-refractivity contribution < 1.29 is 14.7 Å². The van der Waals surface area contributed by atoms with Crippen LogP contribution in [0, 0.1) is 0 Å². The highest BCUT2D eigenvalue weighted by atomic mass is 35.5. The Morgan fingerprint density at radius 3 is 1.84 bits per heavy atom. The Balaban J connectivity index is 0.00000320. The molecule has 0 saturated heterocycles. The van der Waals surface area contributed by atoms with Crippen molar-refractivity contribution in [2.45, 2.75) is 37.3 Å². The maximum absolute atomic E-state index is 12.0. The number of rotatable bonds is 9. The van der Waals surface area contributed by atoms with Crippen LogP contribution in [0.4, 0.5) is 5.13 Å². The fraction of sp³-hybridized carbons (Fsp3) is 0.207. The van der Waals surface area contributed by atoms with Crippen molar-refractivity contribution in [3.63, 3.8) is 0 Å². The quantitative estimate of drug-likeness (QED) is 0.142. The van der Waals surface area contributed by atoms with E-state index in [9.17, 15) is 9.90 Å². The number of thiazole rings is 1. The summed E-state index contributed by atoms with van der Waals surface area (Å²) in [6.45, 7) is 0. The molecule has 0 atom stereocenters. The Morgan fingerprint density at radius 2 is 1.38 bits per heavy atom. The van der Waals surface area contributed by atoms with E-state index in [1.807, 2.05) is 54.6 Å². The number of aromatic nitrogens is 1. The molecule has 0 bridgehead atoms. The third-order valence-electron chi connectivity index (χ3n) is 6.46. The number of nitrogens with zero attached hydrogens (tertiary/aromatic N) is 2. The molecule has 3 aromatic carbocycles. The van der Waals surface area contributed by atoms with Gasteiger partial charge in [0.2, 0.25) is 5.71 Å². The zero-order chi connectivity index (χ0) is 24.8. The first-order valence-electron chi connectivity index (χ1n) is 12.0. The number of benzene rings is 3. The molecule has 4 aromatic rings. The number of carboxylic acid groups (broad SMARTS) is 1. The van der Waals surface area contributed by atoms with Crippen LogP contribution in [0.2, 0.25) is 0 Å². The first kappa shape index (κ1) is 26.4. The summed E-state index contributed by atoms with van der Waals surface area (Å²) < 4.78 is 0.